The lowest BCUT2D eigenvalue weighted by atomic mass is 10.2. The second kappa shape index (κ2) is 9.56. The van der Waals surface area contributed by atoms with Crippen LogP contribution in [0.1, 0.15) is 25.7 Å². The Hall–Kier alpha value is -3.59. The number of nitrogens with zero attached hydrogens (tertiary/aromatic N) is 3. The van der Waals surface area contributed by atoms with Gasteiger partial charge in [0.1, 0.15) is 23.8 Å². The molecular formula is C20H19FN4O4. The predicted molar refractivity (Wildman–Crippen MR) is 102 cm³/mol. The third-order valence-corrected chi connectivity index (χ3v) is 3.67. The number of ether oxygens (including phenoxy) is 2. The highest BCUT2D eigenvalue weighted by atomic mass is 19.1. The van der Waals surface area contributed by atoms with E-state index in [1.807, 2.05) is 12.4 Å². The fraction of sp³-hybridized carbons (Fsp3) is 0.200. The number of benzene rings is 1. The number of carbonyl (C=O) groups is 1. The van der Waals surface area contributed by atoms with Gasteiger partial charge in [0.15, 0.2) is 0 Å². The molecule has 0 radical (unpaired) electrons. The van der Waals surface area contributed by atoms with Crippen molar-refractivity contribution in [2.24, 2.45) is 0 Å². The Bertz CT molecular complexity index is 1070. The Labute approximate surface area is 169 Å². The summed E-state index contributed by atoms with van der Waals surface area (Å²) in [6.07, 6.45) is 4.16. The number of rotatable bonds is 8. The first kappa shape index (κ1) is 17.5. The molecule has 1 amide bonds. The molecule has 0 aliphatic heterocycles. The van der Waals surface area contributed by atoms with E-state index in [9.17, 15) is 9.18 Å². The van der Waals surface area contributed by atoms with Crippen molar-refractivity contribution < 1.29 is 26.2 Å². The minimum absolute atomic E-state index is 0.131. The van der Waals surface area contributed by atoms with Crippen molar-refractivity contribution >= 4 is 5.91 Å². The molecule has 0 aliphatic rings. The van der Waals surface area contributed by atoms with Crippen LogP contribution in [0.3, 0.4) is 0 Å². The molecule has 0 aliphatic carbocycles. The zero-order valence-electron chi connectivity index (χ0n) is 17.7. The second-order valence-corrected chi connectivity index (χ2v) is 5.59. The Morgan fingerprint density at radius 1 is 1.24 bits per heavy atom. The normalized spacial score (nSPS) is 12.0. The average molecular weight is 400 g/mol. The van der Waals surface area contributed by atoms with Crippen molar-refractivity contribution in [3.05, 3.63) is 66.0 Å². The number of hydrogen-bond donors (Lipinski definition) is 1. The maximum atomic E-state index is 14.0. The van der Waals surface area contributed by atoms with Crippen LogP contribution in [0.4, 0.5) is 4.39 Å². The first-order valence-electron chi connectivity index (χ1n) is 9.57. The third-order valence-electron chi connectivity index (χ3n) is 3.67. The number of hydrogen-bond acceptors (Lipinski definition) is 7. The molecule has 3 rings (SSSR count). The van der Waals surface area contributed by atoms with Gasteiger partial charge in [-0.1, -0.05) is 0 Å². The number of halogens is 1. The van der Waals surface area contributed by atoms with Crippen LogP contribution in [0.25, 0.3) is 11.3 Å². The minimum atomic E-state index is -2.67. The van der Waals surface area contributed by atoms with E-state index in [0.29, 0.717) is 23.7 Å². The summed E-state index contributed by atoms with van der Waals surface area (Å²) < 4.78 is 40.2. The van der Waals surface area contributed by atoms with Crippen LogP contribution in [0.5, 0.6) is 11.6 Å². The average Bonchev–Trinajstić information content (AvgIpc) is 2.78. The number of aromatic nitrogens is 3. The smallest absolute Gasteiger partial charge is 0.295 e. The molecular weight excluding hydrogens is 379 g/mol. The summed E-state index contributed by atoms with van der Waals surface area (Å²) in [6, 6.07) is 6.89. The fourth-order valence-electron chi connectivity index (χ4n) is 2.27. The van der Waals surface area contributed by atoms with Gasteiger partial charge in [0, 0.05) is 23.4 Å². The third kappa shape index (κ3) is 5.23. The topological polar surface area (TPSA) is 95.5 Å². The molecule has 0 bridgehead atoms. The SMILES string of the molecule is [2H]C([2H])(ONC(=O)c1cncc(-c2ccc(OCC)nc2)n1)c1cc(OC)ccc1F. The quantitative estimate of drug-likeness (QED) is 0.581. The summed E-state index contributed by atoms with van der Waals surface area (Å²) >= 11 is 0. The van der Waals surface area contributed by atoms with E-state index in [2.05, 4.69) is 15.0 Å². The first-order valence-corrected chi connectivity index (χ1v) is 8.57. The number of carbonyl (C=O) groups excluding carboxylic acids is 1. The first-order chi connectivity index (χ1) is 14.8. The van der Waals surface area contributed by atoms with Crippen LogP contribution in [0, 0.1) is 5.82 Å². The van der Waals surface area contributed by atoms with E-state index in [0.717, 1.165) is 12.1 Å². The van der Waals surface area contributed by atoms with Gasteiger partial charge >= 0.3 is 0 Å². The van der Waals surface area contributed by atoms with Gasteiger partial charge in [0.05, 0.1) is 34.5 Å². The van der Waals surface area contributed by atoms with Crippen molar-refractivity contribution in [1.82, 2.24) is 20.4 Å². The predicted octanol–water partition coefficient (Wildman–Crippen LogP) is 2.95. The minimum Gasteiger partial charge on any atom is -0.497 e. The number of pyridine rings is 1. The van der Waals surface area contributed by atoms with Gasteiger partial charge in [-0.2, -0.15) is 0 Å². The molecule has 0 saturated carbocycles. The van der Waals surface area contributed by atoms with Crippen LogP contribution in [-0.2, 0) is 11.4 Å². The maximum absolute atomic E-state index is 14.0. The number of hydroxylamine groups is 1. The highest BCUT2D eigenvalue weighted by molar-refractivity contribution is 5.91. The molecule has 1 aromatic carbocycles. The Morgan fingerprint density at radius 2 is 2.10 bits per heavy atom. The molecule has 0 unspecified atom stereocenters. The van der Waals surface area contributed by atoms with Crippen LogP contribution < -0.4 is 15.0 Å². The number of nitrogens with one attached hydrogen (secondary N) is 1. The Kier molecular flexibility index (Phi) is 5.77. The fourth-order valence-corrected chi connectivity index (χ4v) is 2.27. The summed E-state index contributed by atoms with van der Waals surface area (Å²) in [5.74, 6) is -1.03. The van der Waals surface area contributed by atoms with Gasteiger partial charge in [0.2, 0.25) is 5.88 Å². The monoisotopic (exact) mass is 400 g/mol. The standard InChI is InChI=1S/C20H19FN4O4/c1-3-28-19-7-4-13(9-23-19)17-10-22-11-18(24-17)20(26)25-29-12-14-8-15(27-2)5-6-16(14)21/h4-11H,3,12H2,1-2H3,(H,25,26)/i12D2. The molecule has 2 aromatic heterocycles. The molecule has 150 valence electrons. The molecule has 0 saturated heterocycles. The van der Waals surface area contributed by atoms with Crippen molar-refractivity contribution in [3.8, 4) is 22.9 Å². The van der Waals surface area contributed by atoms with Crippen LogP contribution in [0.15, 0.2) is 48.9 Å². The van der Waals surface area contributed by atoms with Crippen molar-refractivity contribution in [2.75, 3.05) is 13.7 Å². The highest BCUT2D eigenvalue weighted by Gasteiger charge is 2.12. The van der Waals surface area contributed by atoms with Crippen LogP contribution in [-0.4, -0.2) is 34.6 Å². The van der Waals surface area contributed by atoms with E-state index in [4.69, 9.17) is 17.1 Å². The Morgan fingerprint density at radius 3 is 2.83 bits per heavy atom. The van der Waals surface area contributed by atoms with Crippen molar-refractivity contribution in [3.63, 3.8) is 0 Å². The van der Waals surface area contributed by atoms with Crippen molar-refractivity contribution in [1.29, 1.82) is 0 Å². The largest absolute Gasteiger partial charge is 0.497 e. The molecule has 8 nitrogen and oxygen atoms in total. The highest BCUT2D eigenvalue weighted by Crippen LogP contribution is 2.18. The van der Waals surface area contributed by atoms with Crippen LogP contribution in [0.2, 0.25) is 0 Å². The summed E-state index contributed by atoms with van der Waals surface area (Å²) in [7, 11) is 1.36. The molecule has 0 fully saturated rings. The van der Waals surface area contributed by atoms with E-state index < -0.39 is 23.8 Å². The lowest BCUT2D eigenvalue weighted by molar-refractivity contribution is 0.0219. The van der Waals surface area contributed by atoms with Crippen LogP contribution >= 0.6 is 0 Å². The van der Waals surface area contributed by atoms with Gasteiger partial charge in [-0.3, -0.25) is 14.6 Å². The molecule has 0 atom stereocenters. The lowest BCUT2D eigenvalue weighted by Gasteiger charge is -2.08. The van der Waals surface area contributed by atoms with Gasteiger partial charge in [-0.25, -0.2) is 19.8 Å². The lowest BCUT2D eigenvalue weighted by Crippen LogP contribution is -2.25. The van der Waals surface area contributed by atoms with Gasteiger partial charge < -0.3 is 9.47 Å². The molecule has 1 N–H and O–H groups in total. The molecule has 3 aromatic rings. The molecule has 9 heteroatoms. The maximum Gasteiger partial charge on any atom is 0.295 e. The number of amides is 1. The number of methoxy groups -OCH3 is 1. The van der Waals surface area contributed by atoms with Gasteiger partial charge in [-0.15, -0.1) is 0 Å². The zero-order chi connectivity index (χ0) is 22.4. The van der Waals surface area contributed by atoms with E-state index in [1.165, 1.54) is 31.8 Å². The van der Waals surface area contributed by atoms with E-state index in [-0.39, 0.29) is 11.4 Å². The molecule has 29 heavy (non-hydrogen) atoms. The summed E-state index contributed by atoms with van der Waals surface area (Å²) in [6.45, 7) is -0.344. The molecule has 0 spiro atoms. The van der Waals surface area contributed by atoms with E-state index in [1.54, 1.807) is 12.1 Å². The van der Waals surface area contributed by atoms with Gasteiger partial charge in [-0.05, 0) is 31.2 Å². The summed E-state index contributed by atoms with van der Waals surface area (Å²) in [5.41, 5.74) is 2.34. The van der Waals surface area contributed by atoms with Crippen molar-refractivity contribution in [2.45, 2.75) is 13.5 Å². The molecule has 2 heterocycles. The second-order valence-electron chi connectivity index (χ2n) is 5.59. The Balaban J connectivity index is 1.73. The summed E-state index contributed by atoms with van der Waals surface area (Å²) in [5, 5.41) is 0. The van der Waals surface area contributed by atoms with Gasteiger partial charge in [0.25, 0.3) is 5.91 Å². The zero-order valence-corrected chi connectivity index (χ0v) is 15.7. The van der Waals surface area contributed by atoms with E-state index >= 15 is 0 Å². The summed E-state index contributed by atoms with van der Waals surface area (Å²) in [4.78, 5) is 29.5.